The van der Waals surface area contributed by atoms with Gasteiger partial charge in [-0.2, -0.15) is 0 Å². The molecule has 0 radical (unpaired) electrons. The van der Waals surface area contributed by atoms with Crippen LogP contribution in [0.2, 0.25) is 0 Å². The molecular weight excluding hydrogens is 381 g/mol. The second kappa shape index (κ2) is 5.60. The largest absolute Gasteiger partial charge is 0.369 e. The molecule has 1 saturated carbocycles. The van der Waals surface area contributed by atoms with Crippen LogP contribution in [0.15, 0.2) is 6.07 Å². The number of anilines is 1. The molecule has 1 aliphatic carbocycles. The summed E-state index contributed by atoms with van der Waals surface area (Å²) in [5, 5.41) is 3.38. The molecule has 0 aliphatic heterocycles. The Kier molecular flexibility index (Phi) is 3.99. The van der Waals surface area contributed by atoms with Gasteiger partial charge in [-0.05, 0) is 62.3 Å². The van der Waals surface area contributed by atoms with Gasteiger partial charge < -0.3 is 5.32 Å². The Labute approximate surface area is 137 Å². The van der Waals surface area contributed by atoms with Gasteiger partial charge in [0, 0.05) is 27.8 Å². The third-order valence-corrected chi connectivity index (χ3v) is 5.50. The van der Waals surface area contributed by atoms with Crippen LogP contribution in [0.4, 0.5) is 5.82 Å². The van der Waals surface area contributed by atoms with E-state index in [1.807, 2.05) is 11.3 Å². The van der Waals surface area contributed by atoms with Gasteiger partial charge in [-0.3, -0.25) is 0 Å². The number of halogens is 1. The molecule has 106 valence electrons. The Morgan fingerprint density at radius 2 is 2.10 bits per heavy atom. The van der Waals surface area contributed by atoms with E-state index in [0.717, 1.165) is 18.2 Å². The van der Waals surface area contributed by atoms with Crippen molar-refractivity contribution in [2.45, 2.75) is 39.5 Å². The second-order valence-electron chi connectivity index (χ2n) is 5.23. The number of thiophene rings is 1. The van der Waals surface area contributed by atoms with Crippen LogP contribution in [0.3, 0.4) is 0 Å². The number of hydrogen-bond donors (Lipinski definition) is 1. The van der Waals surface area contributed by atoms with E-state index in [-0.39, 0.29) is 0 Å². The number of aryl methyl sites for hydroxylation is 2. The molecule has 0 bridgehead atoms. The normalized spacial score (nSPS) is 14.6. The summed E-state index contributed by atoms with van der Waals surface area (Å²) in [6, 6.07) is 2.20. The Balaban J connectivity index is 2.12. The molecule has 2 aromatic rings. The van der Waals surface area contributed by atoms with Gasteiger partial charge in [0.25, 0.3) is 0 Å². The highest BCUT2D eigenvalue weighted by Gasteiger charge is 2.29. The standard InChI is InChI=1S/C15H18IN3S/c1-4-17-15-12(16)13(10-5-6-10)18-14(19-15)11-7-8(2)20-9(11)3/h7,10H,4-6H2,1-3H3,(H,17,18,19). The van der Waals surface area contributed by atoms with E-state index < -0.39 is 0 Å². The number of rotatable bonds is 4. The smallest absolute Gasteiger partial charge is 0.162 e. The van der Waals surface area contributed by atoms with E-state index in [9.17, 15) is 0 Å². The summed E-state index contributed by atoms with van der Waals surface area (Å²) in [6.45, 7) is 7.28. The fraction of sp³-hybridized carbons (Fsp3) is 0.467. The molecule has 20 heavy (non-hydrogen) atoms. The van der Waals surface area contributed by atoms with E-state index in [1.165, 1.54) is 37.4 Å². The van der Waals surface area contributed by atoms with Crippen molar-refractivity contribution in [3.63, 3.8) is 0 Å². The zero-order chi connectivity index (χ0) is 14.3. The number of aromatic nitrogens is 2. The highest BCUT2D eigenvalue weighted by Crippen LogP contribution is 2.43. The Hall–Kier alpha value is -0.690. The molecular formula is C15H18IN3S. The average molecular weight is 399 g/mol. The molecule has 0 amide bonds. The third kappa shape index (κ3) is 2.70. The van der Waals surface area contributed by atoms with Gasteiger partial charge in [0.15, 0.2) is 5.82 Å². The Morgan fingerprint density at radius 3 is 2.65 bits per heavy atom. The second-order valence-corrected chi connectivity index (χ2v) is 7.77. The molecule has 2 heterocycles. The Bertz CT molecular complexity index is 647. The van der Waals surface area contributed by atoms with Crippen LogP contribution in [-0.2, 0) is 0 Å². The molecule has 3 rings (SSSR count). The first-order valence-corrected chi connectivity index (χ1v) is 8.88. The van der Waals surface area contributed by atoms with E-state index in [1.54, 1.807) is 0 Å². The van der Waals surface area contributed by atoms with Crippen molar-refractivity contribution >= 4 is 39.7 Å². The van der Waals surface area contributed by atoms with Crippen molar-refractivity contribution in [3.8, 4) is 11.4 Å². The molecule has 1 N–H and O–H groups in total. The van der Waals surface area contributed by atoms with E-state index >= 15 is 0 Å². The maximum Gasteiger partial charge on any atom is 0.162 e. The molecule has 0 unspecified atom stereocenters. The maximum atomic E-state index is 4.87. The van der Waals surface area contributed by atoms with E-state index in [4.69, 9.17) is 9.97 Å². The minimum atomic E-state index is 0.640. The van der Waals surface area contributed by atoms with Gasteiger partial charge in [0.2, 0.25) is 0 Å². The van der Waals surface area contributed by atoms with Crippen LogP contribution in [0.1, 0.15) is 41.1 Å². The first kappa shape index (κ1) is 14.3. The molecule has 3 nitrogen and oxygen atoms in total. The highest BCUT2D eigenvalue weighted by molar-refractivity contribution is 14.1. The quantitative estimate of drug-likeness (QED) is 0.755. The maximum absolute atomic E-state index is 4.87. The lowest BCUT2D eigenvalue weighted by molar-refractivity contribution is 0.972. The first-order valence-electron chi connectivity index (χ1n) is 6.98. The molecule has 0 atom stereocenters. The van der Waals surface area contributed by atoms with Crippen LogP contribution >= 0.6 is 33.9 Å². The van der Waals surface area contributed by atoms with E-state index in [0.29, 0.717) is 5.92 Å². The fourth-order valence-corrected chi connectivity index (χ4v) is 4.14. The summed E-state index contributed by atoms with van der Waals surface area (Å²) < 4.78 is 1.19. The van der Waals surface area contributed by atoms with Crippen molar-refractivity contribution in [2.24, 2.45) is 0 Å². The van der Waals surface area contributed by atoms with Crippen molar-refractivity contribution in [3.05, 3.63) is 25.1 Å². The van der Waals surface area contributed by atoms with Crippen LogP contribution in [0.25, 0.3) is 11.4 Å². The monoisotopic (exact) mass is 399 g/mol. The highest BCUT2D eigenvalue weighted by atomic mass is 127. The molecule has 0 aromatic carbocycles. The zero-order valence-electron chi connectivity index (χ0n) is 12.0. The van der Waals surface area contributed by atoms with Crippen molar-refractivity contribution < 1.29 is 0 Å². The van der Waals surface area contributed by atoms with Crippen molar-refractivity contribution in [1.29, 1.82) is 0 Å². The van der Waals surface area contributed by atoms with Gasteiger partial charge >= 0.3 is 0 Å². The topological polar surface area (TPSA) is 37.8 Å². The average Bonchev–Trinajstić information content (AvgIpc) is 3.18. The number of hydrogen-bond acceptors (Lipinski definition) is 4. The summed E-state index contributed by atoms with van der Waals surface area (Å²) in [5.74, 6) is 2.51. The summed E-state index contributed by atoms with van der Waals surface area (Å²) >= 11 is 4.20. The summed E-state index contributed by atoms with van der Waals surface area (Å²) in [4.78, 5) is 12.2. The van der Waals surface area contributed by atoms with Gasteiger partial charge in [-0.25, -0.2) is 9.97 Å². The van der Waals surface area contributed by atoms with E-state index in [2.05, 4.69) is 54.7 Å². The molecule has 2 aromatic heterocycles. The van der Waals surface area contributed by atoms with Crippen LogP contribution < -0.4 is 5.32 Å². The summed E-state index contributed by atoms with van der Waals surface area (Å²) in [5.41, 5.74) is 2.42. The number of nitrogens with zero attached hydrogens (tertiary/aromatic N) is 2. The molecule has 1 aliphatic rings. The molecule has 0 spiro atoms. The van der Waals surface area contributed by atoms with Crippen LogP contribution in [0, 0.1) is 17.4 Å². The summed E-state index contributed by atoms with van der Waals surface area (Å²) in [6.07, 6.45) is 2.53. The van der Waals surface area contributed by atoms with Crippen LogP contribution in [-0.4, -0.2) is 16.5 Å². The SMILES string of the molecule is CCNc1nc(-c2cc(C)sc2C)nc(C2CC2)c1I. The molecule has 5 heteroatoms. The molecule has 1 fully saturated rings. The number of nitrogens with one attached hydrogen (secondary N) is 1. The summed E-state index contributed by atoms with van der Waals surface area (Å²) in [7, 11) is 0. The van der Waals surface area contributed by atoms with Crippen molar-refractivity contribution in [2.75, 3.05) is 11.9 Å². The lowest BCUT2D eigenvalue weighted by Crippen LogP contribution is -2.07. The zero-order valence-corrected chi connectivity index (χ0v) is 14.9. The molecule has 0 saturated heterocycles. The predicted molar refractivity (Wildman–Crippen MR) is 93.7 cm³/mol. The van der Waals surface area contributed by atoms with Gasteiger partial charge in [-0.15, -0.1) is 11.3 Å². The third-order valence-electron chi connectivity index (χ3n) is 3.47. The minimum absolute atomic E-state index is 0.640. The van der Waals surface area contributed by atoms with Gasteiger partial charge in [-0.1, -0.05) is 0 Å². The van der Waals surface area contributed by atoms with Crippen LogP contribution in [0.5, 0.6) is 0 Å². The van der Waals surface area contributed by atoms with Crippen molar-refractivity contribution in [1.82, 2.24) is 9.97 Å². The Morgan fingerprint density at radius 1 is 1.35 bits per heavy atom. The predicted octanol–water partition coefficient (Wildman–Crippen LogP) is 4.74. The lowest BCUT2D eigenvalue weighted by atomic mass is 10.2. The fourth-order valence-electron chi connectivity index (χ4n) is 2.35. The van der Waals surface area contributed by atoms with Gasteiger partial charge in [0.1, 0.15) is 5.82 Å². The first-order chi connectivity index (χ1) is 9.60. The van der Waals surface area contributed by atoms with Gasteiger partial charge in [0.05, 0.1) is 9.26 Å². The lowest BCUT2D eigenvalue weighted by Gasteiger charge is -2.11. The minimum Gasteiger partial charge on any atom is -0.369 e.